The van der Waals surface area contributed by atoms with E-state index in [4.69, 9.17) is 0 Å². The van der Waals surface area contributed by atoms with Crippen LogP contribution in [0.1, 0.15) is 41.5 Å². The Morgan fingerprint density at radius 2 is 1.60 bits per heavy atom. The van der Waals surface area contributed by atoms with Crippen LogP contribution < -0.4 is 0 Å². The molecule has 0 spiro atoms. The molecule has 0 radical (unpaired) electrons. The van der Waals surface area contributed by atoms with Crippen LogP contribution in [0.25, 0.3) is 0 Å². The molecule has 1 rings (SSSR count). The van der Waals surface area contributed by atoms with E-state index in [2.05, 4.69) is 69.6 Å². The van der Waals surface area contributed by atoms with Crippen molar-refractivity contribution in [2.24, 2.45) is 11.8 Å². The molecule has 1 fully saturated rings. The third-order valence-electron chi connectivity index (χ3n) is 2.77. The first-order valence-corrected chi connectivity index (χ1v) is 7.78. The number of hydrogen-bond acceptors (Lipinski definition) is 3. The molecule has 0 saturated carbocycles. The van der Waals surface area contributed by atoms with E-state index >= 15 is 0 Å². The molecule has 0 aromatic rings. The lowest BCUT2D eigenvalue weighted by Crippen LogP contribution is -2.40. The molecule has 2 unspecified atom stereocenters. The summed E-state index contributed by atoms with van der Waals surface area (Å²) in [6.07, 6.45) is 0. The maximum absolute atomic E-state index is 2.58. The fourth-order valence-electron chi connectivity index (χ4n) is 1.57. The van der Waals surface area contributed by atoms with Crippen LogP contribution in [0, 0.1) is 11.8 Å². The predicted octanol–water partition coefficient (Wildman–Crippen LogP) is 4.10. The Hall–Kier alpha value is 0.660. The van der Waals surface area contributed by atoms with Crippen molar-refractivity contribution in [3.8, 4) is 0 Å². The average Bonchev–Trinajstić information content (AvgIpc) is 2.16. The van der Waals surface area contributed by atoms with E-state index in [9.17, 15) is 0 Å². The van der Waals surface area contributed by atoms with Crippen molar-refractivity contribution in [3.05, 3.63) is 0 Å². The third kappa shape index (κ3) is 3.86. The molecule has 15 heavy (non-hydrogen) atoms. The van der Waals surface area contributed by atoms with Gasteiger partial charge < -0.3 is 0 Å². The quantitative estimate of drug-likeness (QED) is 0.691. The normalized spacial score (nSPS) is 29.4. The van der Waals surface area contributed by atoms with Gasteiger partial charge in [0, 0.05) is 17.8 Å². The summed E-state index contributed by atoms with van der Waals surface area (Å²) in [4.78, 5) is 0. The maximum atomic E-state index is 2.58. The molecule has 1 saturated heterocycles. The van der Waals surface area contributed by atoms with Gasteiger partial charge in [0.15, 0.2) is 0 Å². The summed E-state index contributed by atoms with van der Waals surface area (Å²) in [5.41, 5.74) is 0. The highest BCUT2D eigenvalue weighted by Crippen LogP contribution is 2.43. The van der Waals surface area contributed by atoms with Crippen LogP contribution in [-0.4, -0.2) is 26.7 Å². The van der Waals surface area contributed by atoms with Crippen molar-refractivity contribution < 1.29 is 0 Å². The Labute approximate surface area is 104 Å². The van der Waals surface area contributed by atoms with E-state index in [0.717, 1.165) is 21.7 Å². The van der Waals surface area contributed by atoms with Gasteiger partial charge in [-0.25, -0.2) is 4.31 Å². The summed E-state index contributed by atoms with van der Waals surface area (Å²) in [6, 6.07) is 0.665. The first-order valence-electron chi connectivity index (χ1n) is 6.00. The van der Waals surface area contributed by atoms with Crippen molar-refractivity contribution in [2.75, 3.05) is 6.54 Å². The molecule has 90 valence electrons. The average molecular weight is 247 g/mol. The number of hydrogen-bond donors (Lipinski definition) is 0. The van der Waals surface area contributed by atoms with Gasteiger partial charge in [-0.2, -0.15) is 0 Å². The summed E-state index contributed by atoms with van der Waals surface area (Å²) in [5, 5.41) is 0.807. The van der Waals surface area contributed by atoms with Gasteiger partial charge >= 0.3 is 0 Å². The topological polar surface area (TPSA) is 3.24 Å². The Balaban J connectivity index is 2.64. The second-order valence-corrected chi connectivity index (χ2v) is 8.20. The minimum atomic E-state index is 0.665. The third-order valence-corrected chi connectivity index (χ3v) is 6.81. The molecular weight excluding hydrogens is 222 g/mol. The van der Waals surface area contributed by atoms with E-state index < -0.39 is 0 Å². The second kappa shape index (κ2) is 5.83. The van der Waals surface area contributed by atoms with Gasteiger partial charge in [0.2, 0.25) is 0 Å². The Bertz CT molecular complexity index is 153. The van der Waals surface area contributed by atoms with E-state index in [-0.39, 0.29) is 0 Å². The molecule has 0 aliphatic carbocycles. The zero-order chi connectivity index (χ0) is 11.6. The van der Waals surface area contributed by atoms with Crippen molar-refractivity contribution in [1.82, 2.24) is 4.31 Å². The van der Waals surface area contributed by atoms with E-state index in [1.54, 1.807) is 0 Å². The minimum absolute atomic E-state index is 0.665. The lowest BCUT2D eigenvalue weighted by molar-refractivity contribution is 0.364. The van der Waals surface area contributed by atoms with Crippen molar-refractivity contribution in [3.63, 3.8) is 0 Å². The largest absolute Gasteiger partial charge is 0.246 e. The minimum Gasteiger partial charge on any atom is -0.246 e. The molecule has 1 nitrogen and oxygen atoms in total. The maximum Gasteiger partial charge on any atom is 0.0675 e. The van der Waals surface area contributed by atoms with Gasteiger partial charge in [-0.15, -0.1) is 11.8 Å². The molecule has 0 aromatic heterocycles. The molecule has 0 amide bonds. The highest BCUT2D eigenvalue weighted by Gasteiger charge is 2.32. The highest BCUT2D eigenvalue weighted by molar-refractivity contribution is 8.16. The predicted molar refractivity (Wildman–Crippen MR) is 74.3 cm³/mol. The molecule has 0 bridgehead atoms. The van der Waals surface area contributed by atoms with E-state index in [1.165, 1.54) is 6.54 Å². The molecule has 1 heterocycles. The molecule has 1 aliphatic heterocycles. The lowest BCUT2D eigenvalue weighted by Gasteiger charge is -2.41. The molecule has 0 aromatic carbocycles. The molecule has 0 N–H and O–H groups in total. The van der Waals surface area contributed by atoms with Gasteiger partial charge in [0.1, 0.15) is 0 Å². The summed E-state index contributed by atoms with van der Waals surface area (Å²) < 4.78 is 3.32. The molecule has 3 heteroatoms. The van der Waals surface area contributed by atoms with Gasteiger partial charge in [-0.1, -0.05) is 39.6 Å². The summed E-state index contributed by atoms with van der Waals surface area (Å²) >= 11 is 4.26. The molecule has 2 atom stereocenters. The SMILES string of the molecule is CC(C)C1CN(C(C)C)SC(C(C)C)S1. The van der Waals surface area contributed by atoms with Crippen molar-refractivity contribution in [1.29, 1.82) is 0 Å². The zero-order valence-corrected chi connectivity index (χ0v) is 12.5. The first-order chi connectivity index (χ1) is 6.91. The monoisotopic (exact) mass is 247 g/mol. The number of thioether (sulfide) groups is 1. The summed E-state index contributed by atoms with van der Waals surface area (Å²) in [7, 11) is 0. The summed E-state index contributed by atoms with van der Waals surface area (Å²) in [5.74, 6) is 1.56. The van der Waals surface area contributed by atoms with Crippen LogP contribution in [0.15, 0.2) is 0 Å². The lowest BCUT2D eigenvalue weighted by atomic mass is 10.1. The summed E-state index contributed by atoms with van der Waals surface area (Å²) in [6.45, 7) is 15.2. The van der Waals surface area contributed by atoms with Crippen molar-refractivity contribution >= 4 is 23.7 Å². The standard InChI is InChI=1S/C12H25NS2/c1-8(2)11-7-13(10(5)6)15-12(14-11)9(3)4/h8-12H,7H2,1-6H3. The van der Waals surface area contributed by atoms with Gasteiger partial charge in [0.25, 0.3) is 0 Å². The van der Waals surface area contributed by atoms with Crippen LogP contribution >= 0.6 is 23.7 Å². The van der Waals surface area contributed by atoms with Crippen LogP contribution in [0.5, 0.6) is 0 Å². The van der Waals surface area contributed by atoms with Crippen LogP contribution in [0.4, 0.5) is 0 Å². The highest BCUT2D eigenvalue weighted by atomic mass is 32.2. The fourth-order valence-corrected chi connectivity index (χ4v) is 4.85. The Kier molecular flexibility index (Phi) is 5.33. The van der Waals surface area contributed by atoms with Crippen molar-refractivity contribution in [2.45, 2.75) is 57.4 Å². The second-order valence-electron chi connectivity index (χ2n) is 5.33. The molecular formula is C12H25NS2. The zero-order valence-electron chi connectivity index (χ0n) is 10.9. The molecule has 1 aliphatic rings. The van der Waals surface area contributed by atoms with Gasteiger partial charge in [-0.05, 0) is 25.7 Å². The van der Waals surface area contributed by atoms with Crippen LogP contribution in [0.3, 0.4) is 0 Å². The smallest absolute Gasteiger partial charge is 0.0675 e. The van der Waals surface area contributed by atoms with Crippen LogP contribution in [-0.2, 0) is 0 Å². The van der Waals surface area contributed by atoms with Crippen LogP contribution in [0.2, 0.25) is 0 Å². The first kappa shape index (κ1) is 13.7. The number of nitrogens with zero attached hydrogens (tertiary/aromatic N) is 1. The fraction of sp³-hybridized carbons (Fsp3) is 1.00. The Morgan fingerprint density at radius 3 is 2.00 bits per heavy atom. The van der Waals surface area contributed by atoms with E-state index in [1.807, 2.05) is 0 Å². The number of rotatable bonds is 3. The van der Waals surface area contributed by atoms with Gasteiger partial charge in [-0.3, -0.25) is 0 Å². The van der Waals surface area contributed by atoms with E-state index in [0.29, 0.717) is 6.04 Å². The Morgan fingerprint density at radius 1 is 1.00 bits per heavy atom. The van der Waals surface area contributed by atoms with Gasteiger partial charge in [0.05, 0.1) is 4.58 Å².